The van der Waals surface area contributed by atoms with Gasteiger partial charge in [-0.1, -0.05) is 24.3 Å². The Balaban J connectivity index is 1.93. The van der Waals surface area contributed by atoms with Crippen LogP contribution in [-0.2, 0) is 4.79 Å². The minimum Gasteiger partial charge on any atom is -0.481 e. The third kappa shape index (κ3) is 4.06. The lowest BCUT2D eigenvalue weighted by Crippen LogP contribution is -1.94. The van der Waals surface area contributed by atoms with Crippen molar-refractivity contribution in [2.24, 2.45) is 0 Å². The van der Waals surface area contributed by atoms with Crippen LogP contribution in [0.5, 0.6) is 0 Å². The Morgan fingerprint density at radius 3 is 2.58 bits per heavy atom. The predicted octanol–water partition coefficient (Wildman–Crippen LogP) is 5.23. The fourth-order valence-electron chi connectivity index (χ4n) is 2.44. The first-order valence-corrected chi connectivity index (χ1v) is 8.47. The number of thiazole rings is 1. The quantitative estimate of drug-likeness (QED) is 0.668. The highest BCUT2D eigenvalue weighted by Crippen LogP contribution is 2.31. The number of carbonyl (C=O) groups is 1. The number of benzene rings is 2. The van der Waals surface area contributed by atoms with E-state index in [4.69, 9.17) is 5.11 Å². The molecular weight excluding hydrogens is 325 g/mol. The molecule has 0 saturated heterocycles. The average molecular weight is 341 g/mol. The molecule has 5 heteroatoms. The number of hydrogen-bond acceptors (Lipinski definition) is 3. The predicted molar refractivity (Wildman–Crippen MR) is 95.4 cm³/mol. The highest BCUT2D eigenvalue weighted by Gasteiger charge is 2.10. The van der Waals surface area contributed by atoms with Gasteiger partial charge in [-0.3, -0.25) is 4.79 Å². The van der Waals surface area contributed by atoms with Crippen LogP contribution in [0.1, 0.15) is 29.8 Å². The molecule has 0 saturated carbocycles. The van der Waals surface area contributed by atoms with Crippen molar-refractivity contribution in [3.8, 4) is 0 Å². The normalized spacial score (nSPS) is 11.8. The highest BCUT2D eigenvalue weighted by atomic mass is 32.1. The van der Waals surface area contributed by atoms with Gasteiger partial charge >= 0.3 is 5.97 Å². The van der Waals surface area contributed by atoms with Gasteiger partial charge in [0.2, 0.25) is 0 Å². The van der Waals surface area contributed by atoms with Crippen LogP contribution < -0.4 is 0 Å². The Hall–Kier alpha value is -2.53. The maximum Gasteiger partial charge on any atom is 0.303 e. The molecule has 24 heavy (non-hydrogen) atoms. The number of nitrogens with zero attached hydrogens (tertiary/aromatic N) is 1. The number of hydrogen-bond donors (Lipinski definition) is 1. The van der Waals surface area contributed by atoms with Crippen LogP contribution in [0, 0.1) is 5.82 Å². The fourth-order valence-corrected chi connectivity index (χ4v) is 3.45. The summed E-state index contributed by atoms with van der Waals surface area (Å²) in [5.41, 5.74) is 2.78. The van der Waals surface area contributed by atoms with Gasteiger partial charge < -0.3 is 5.11 Å². The Morgan fingerprint density at radius 1 is 1.12 bits per heavy atom. The van der Waals surface area contributed by atoms with Gasteiger partial charge in [0.05, 0.1) is 10.2 Å². The van der Waals surface area contributed by atoms with E-state index in [9.17, 15) is 9.18 Å². The second kappa shape index (κ2) is 7.36. The summed E-state index contributed by atoms with van der Waals surface area (Å²) >= 11 is 1.59. The minimum absolute atomic E-state index is 0.117. The third-order valence-electron chi connectivity index (χ3n) is 3.62. The zero-order valence-corrected chi connectivity index (χ0v) is 13.7. The van der Waals surface area contributed by atoms with Crippen LogP contribution >= 0.6 is 11.3 Å². The number of aromatic nitrogens is 1. The number of halogens is 1. The molecule has 1 aromatic heterocycles. The summed E-state index contributed by atoms with van der Waals surface area (Å²) in [5.74, 6) is -1.08. The van der Waals surface area contributed by atoms with E-state index < -0.39 is 5.97 Å². The maximum absolute atomic E-state index is 13.1. The highest BCUT2D eigenvalue weighted by molar-refractivity contribution is 7.19. The van der Waals surface area contributed by atoms with Gasteiger partial charge in [-0.25, -0.2) is 9.37 Å². The number of para-hydroxylation sites is 1. The first-order valence-electron chi connectivity index (χ1n) is 7.66. The number of rotatable bonds is 6. The van der Waals surface area contributed by atoms with Crippen molar-refractivity contribution in [1.82, 2.24) is 4.98 Å². The van der Waals surface area contributed by atoms with Gasteiger partial charge in [-0.2, -0.15) is 0 Å². The lowest BCUT2D eigenvalue weighted by Gasteiger charge is -2.04. The SMILES string of the molecule is O=C(O)CCC/C(=C\c1ccc(F)cc1)c1nc2ccccc2s1. The molecule has 1 N–H and O–H groups in total. The van der Waals surface area contributed by atoms with E-state index in [0.29, 0.717) is 12.8 Å². The van der Waals surface area contributed by atoms with E-state index >= 15 is 0 Å². The molecule has 0 amide bonds. The third-order valence-corrected chi connectivity index (χ3v) is 4.73. The van der Waals surface area contributed by atoms with E-state index in [1.165, 1.54) is 12.1 Å². The zero-order valence-electron chi connectivity index (χ0n) is 12.9. The Bertz CT molecular complexity index is 851. The van der Waals surface area contributed by atoms with Crippen molar-refractivity contribution in [1.29, 1.82) is 0 Å². The minimum atomic E-state index is -0.805. The van der Waals surface area contributed by atoms with Crippen molar-refractivity contribution in [2.45, 2.75) is 19.3 Å². The first-order chi connectivity index (χ1) is 11.6. The molecule has 3 nitrogen and oxygen atoms in total. The summed E-state index contributed by atoms with van der Waals surface area (Å²) < 4.78 is 14.2. The molecule has 0 unspecified atom stereocenters. The summed E-state index contributed by atoms with van der Waals surface area (Å²) in [6, 6.07) is 14.1. The van der Waals surface area contributed by atoms with E-state index in [1.807, 2.05) is 30.3 Å². The molecule has 3 rings (SSSR count). The van der Waals surface area contributed by atoms with Crippen molar-refractivity contribution < 1.29 is 14.3 Å². The zero-order chi connectivity index (χ0) is 16.9. The van der Waals surface area contributed by atoms with Crippen LogP contribution in [0.2, 0.25) is 0 Å². The molecular formula is C19H16FNO2S. The van der Waals surface area contributed by atoms with Gasteiger partial charge in [0.25, 0.3) is 0 Å². The van der Waals surface area contributed by atoms with Crippen molar-refractivity contribution in [3.63, 3.8) is 0 Å². The van der Waals surface area contributed by atoms with E-state index in [1.54, 1.807) is 23.5 Å². The Labute approximate surface area is 143 Å². The summed E-state index contributed by atoms with van der Waals surface area (Å²) in [5, 5.41) is 9.74. The Morgan fingerprint density at radius 2 is 1.88 bits per heavy atom. The van der Waals surface area contributed by atoms with Crippen molar-refractivity contribution in [3.05, 3.63) is 64.9 Å². The molecule has 0 aliphatic carbocycles. The van der Waals surface area contributed by atoms with Gasteiger partial charge in [0.1, 0.15) is 10.8 Å². The van der Waals surface area contributed by atoms with Crippen molar-refractivity contribution in [2.75, 3.05) is 0 Å². The largest absolute Gasteiger partial charge is 0.481 e. The molecule has 0 spiro atoms. The molecule has 0 atom stereocenters. The van der Waals surface area contributed by atoms with Crippen LogP contribution in [0.3, 0.4) is 0 Å². The number of carboxylic acids is 1. The maximum atomic E-state index is 13.1. The summed E-state index contributed by atoms with van der Waals surface area (Å²) in [6.07, 6.45) is 3.23. The van der Waals surface area contributed by atoms with Gasteiger partial charge in [0, 0.05) is 6.42 Å². The monoisotopic (exact) mass is 341 g/mol. The second-order valence-electron chi connectivity index (χ2n) is 5.46. The lowest BCUT2D eigenvalue weighted by molar-refractivity contribution is -0.137. The Kier molecular flexibility index (Phi) is 5.01. The summed E-state index contributed by atoms with van der Waals surface area (Å²) in [4.78, 5) is 15.4. The molecule has 2 aromatic carbocycles. The molecule has 3 aromatic rings. The number of fused-ring (bicyclic) bond motifs is 1. The van der Waals surface area contributed by atoms with Crippen LogP contribution in [0.15, 0.2) is 48.5 Å². The van der Waals surface area contributed by atoms with Gasteiger partial charge in [-0.15, -0.1) is 11.3 Å². The lowest BCUT2D eigenvalue weighted by atomic mass is 10.1. The molecule has 0 aliphatic rings. The van der Waals surface area contributed by atoms with E-state index in [2.05, 4.69) is 4.98 Å². The summed E-state index contributed by atoms with van der Waals surface area (Å²) in [6.45, 7) is 0. The molecule has 122 valence electrons. The number of aliphatic carboxylic acids is 1. The van der Waals surface area contributed by atoms with Crippen LogP contribution in [0.4, 0.5) is 4.39 Å². The van der Waals surface area contributed by atoms with Gasteiger partial charge in [-0.05, 0) is 54.3 Å². The average Bonchev–Trinajstić information content (AvgIpc) is 2.99. The first kappa shape index (κ1) is 16.3. The number of carboxylic acid groups (broad SMARTS) is 1. The van der Waals surface area contributed by atoms with Crippen LogP contribution in [-0.4, -0.2) is 16.1 Å². The van der Waals surface area contributed by atoms with Gasteiger partial charge in [0.15, 0.2) is 0 Å². The van der Waals surface area contributed by atoms with Crippen LogP contribution in [0.25, 0.3) is 21.9 Å². The fraction of sp³-hybridized carbons (Fsp3) is 0.158. The smallest absolute Gasteiger partial charge is 0.303 e. The number of allylic oxidation sites excluding steroid dienone is 1. The van der Waals surface area contributed by atoms with E-state index in [0.717, 1.165) is 26.4 Å². The molecule has 1 heterocycles. The molecule has 0 bridgehead atoms. The molecule has 0 radical (unpaired) electrons. The topological polar surface area (TPSA) is 50.2 Å². The van der Waals surface area contributed by atoms with Crippen molar-refractivity contribution >= 4 is 39.2 Å². The standard InChI is InChI=1S/C19H16FNO2S/c20-15-10-8-13(9-11-15)12-14(4-3-7-18(22)23)19-21-16-5-1-2-6-17(16)24-19/h1-2,5-6,8-12H,3-4,7H2,(H,22,23)/b14-12+. The van der Waals surface area contributed by atoms with E-state index in [-0.39, 0.29) is 12.2 Å². The molecule has 0 fully saturated rings. The molecule has 0 aliphatic heterocycles. The summed E-state index contributed by atoms with van der Waals surface area (Å²) in [7, 11) is 0. The second-order valence-corrected chi connectivity index (χ2v) is 6.49.